The van der Waals surface area contributed by atoms with Gasteiger partial charge in [0.25, 0.3) is 0 Å². The van der Waals surface area contributed by atoms with Crippen molar-refractivity contribution in [2.75, 3.05) is 11.4 Å². The summed E-state index contributed by atoms with van der Waals surface area (Å²) in [6.07, 6.45) is 0. The van der Waals surface area contributed by atoms with Gasteiger partial charge in [-0.2, -0.15) is 0 Å². The van der Waals surface area contributed by atoms with Gasteiger partial charge in [-0.3, -0.25) is 4.79 Å². The number of rotatable bonds is 5. The van der Waals surface area contributed by atoms with E-state index in [0.717, 1.165) is 0 Å². The number of halogens is 3. The van der Waals surface area contributed by atoms with Crippen LogP contribution in [0.5, 0.6) is 0 Å². The molecular weight excluding hydrogens is 316 g/mol. The van der Waals surface area contributed by atoms with E-state index >= 15 is 0 Å². The molecule has 0 aliphatic carbocycles. The number of benzene rings is 2. The van der Waals surface area contributed by atoms with Gasteiger partial charge < -0.3 is 10.0 Å². The van der Waals surface area contributed by atoms with Crippen molar-refractivity contribution in [1.29, 1.82) is 0 Å². The first-order chi connectivity index (χ1) is 9.97. The van der Waals surface area contributed by atoms with Gasteiger partial charge in [-0.1, -0.05) is 35.3 Å². The van der Waals surface area contributed by atoms with Gasteiger partial charge in [0, 0.05) is 27.8 Å². The monoisotopic (exact) mass is 327 g/mol. The fourth-order valence-corrected chi connectivity index (χ4v) is 2.36. The van der Waals surface area contributed by atoms with Crippen LogP contribution in [0.2, 0.25) is 10.0 Å². The number of hydrogen-bond acceptors (Lipinski definition) is 2. The van der Waals surface area contributed by atoms with Gasteiger partial charge in [0.2, 0.25) is 0 Å². The topological polar surface area (TPSA) is 40.5 Å². The molecule has 6 heteroatoms. The minimum atomic E-state index is -1.03. The molecule has 2 aromatic carbocycles. The highest BCUT2D eigenvalue weighted by molar-refractivity contribution is 6.31. The first-order valence-electron chi connectivity index (χ1n) is 6.12. The SMILES string of the molecule is O=C(O)CN(Cc1c(F)cccc1Cl)c1cccc(Cl)c1. The van der Waals surface area contributed by atoms with Crippen LogP contribution in [0, 0.1) is 5.82 Å². The Morgan fingerprint density at radius 2 is 1.90 bits per heavy atom. The zero-order chi connectivity index (χ0) is 15.4. The summed E-state index contributed by atoms with van der Waals surface area (Å²) in [5.41, 5.74) is 0.838. The van der Waals surface area contributed by atoms with E-state index in [4.69, 9.17) is 28.3 Å². The maximum atomic E-state index is 13.9. The molecule has 0 amide bonds. The molecule has 2 rings (SSSR count). The quantitative estimate of drug-likeness (QED) is 0.893. The maximum Gasteiger partial charge on any atom is 0.323 e. The summed E-state index contributed by atoms with van der Waals surface area (Å²) >= 11 is 11.9. The van der Waals surface area contributed by atoms with Crippen LogP contribution in [-0.2, 0) is 11.3 Å². The van der Waals surface area contributed by atoms with E-state index in [1.165, 1.54) is 17.0 Å². The highest BCUT2D eigenvalue weighted by atomic mass is 35.5. The lowest BCUT2D eigenvalue weighted by Gasteiger charge is -2.24. The van der Waals surface area contributed by atoms with E-state index in [-0.39, 0.29) is 23.7 Å². The number of nitrogens with zero attached hydrogens (tertiary/aromatic N) is 1. The van der Waals surface area contributed by atoms with Crippen LogP contribution in [0.4, 0.5) is 10.1 Å². The largest absolute Gasteiger partial charge is 0.480 e. The third kappa shape index (κ3) is 4.09. The Morgan fingerprint density at radius 1 is 1.19 bits per heavy atom. The summed E-state index contributed by atoms with van der Waals surface area (Å²) in [7, 11) is 0. The fraction of sp³-hybridized carbons (Fsp3) is 0.133. The summed E-state index contributed by atoms with van der Waals surface area (Å²) in [5, 5.41) is 9.76. The molecule has 0 aromatic heterocycles. The zero-order valence-electron chi connectivity index (χ0n) is 10.9. The van der Waals surface area contributed by atoms with Crippen LogP contribution in [0.25, 0.3) is 0 Å². The number of anilines is 1. The highest BCUT2D eigenvalue weighted by Gasteiger charge is 2.16. The molecule has 0 heterocycles. The van der Waals surface area contributed by atoms with Crippen LogP contribution in [-0.4, -0.2) is 17.6 Å². The van der Waals surface area contributed by atoms with E-state index in [1.807, 2.05) is 0 Å². The Labute approximate surface area is 131 Å². The Morgan fingerprint density at radius 3 is 2.52 bits per heavy atom. The molecule has 0 atom stereocenters. The van der Waals surface area contributed by atoms with Crippen molar-refractivity contribution in [3.63, 3.8) is 0 Å². The van der Waals surface area contributed by atoms with Gasteiger partial charge >= 0.3 is 5.97 Å². The van der Waals surface area contributed by atoms with E-state index < -0.39 is 11.8 Å². The minimum Gasteiger partial charge on any atom is -0.480 e. The Bertz CT molecular complexity index is 644. The molecule has 0 bridgehead atoms. The first kappa shape index (κ1) is 15.6. The van der Waals surface area contributed by atoms with E-state index in [1.54, 1.807) is 30.3 Å². The third-order valence-corrected chi connectivity index (χ3v) is 3.50. The molecule has 0 aliphatic rings. The molecule has 0 saturated heterocycles. The summed E-state index contributed by atoms with van der Waals surface area (Å²) in [5.74, 6) is -1.50. The van der Waals surface area contributed by atoms with E-state index in [0.29, 0.717) is 10.7 Å². The number of hydrogen-bond donors (Lipinski definition) is 1. The van der Waals surface area contributed by atoms with Gasteiger partial charge in [-0.25, -0.2) is 4.39 Å². The van der Waals surface area contributed by atoms with E-state index in [9.17, 15) is 9.18 Å². The Hall–Kier alpha value is -1.78. The van der Waals surface area contributed by atoms with Crippen molar-refractivity contribution >= 4 is 34.9 Å². The van der Waals surface area contributed by atoms with Crippen molar-refractivity contribution in [3.05, 3.63) is 63.9 Å². The second-order valence-electron chi connectivity index (χ2n) is 4.43. The van der Waals surface area contributed by atoms with Crippen molar-refractivity contribution in [2.24, 2.45) is 0 Å². The average molecular weight is 328 g/mol. The Kier molecular flexibility index (Phi) is 5.04. The number of carboxylic acids is 1. The normalized spacial score (nSPS) is 10.4. The first-order valence-corrected chi connectivity index (χ1v) is 6.88. The van der Waals surface area contributed by atoms with Crippen LogP contribution >= 0.6 is 23.2 Å². The fourth-order valence-electron chi connectivity index (χ4n) is 1.95. The second-order valence-corrected chi connectivity index (χ2v) is 5.27. The molecule has 110 valence electrons. The van der Waals surface area contributed by atoms with Crippen LogP contribution in [0.3, 0.4) is 0 Å². The average Bonchev–Trinajstić information content (AvgIpc) is 2.41. The van der Waals surface area contributed by atoms with Crippen molar-refractivity contribution in [3.8, 4) is 0 Å². The van der Waals surface area contributed by atoms with Crippen LogP contribution in [0.1, 0.15) is 5.56 Å². The van der Waals surface area contributed by atoms with Gasteiger partial charge in [0.15, 0.2) is 0 Å². The molecule has 3 nitrogen and oxygen atoms in total. The predicted octanol–water partition coefficient (Wildman–Crippen LogP) is 4.22. The number of aliphatic carboxylic acids is 1. The predicted molar refractivity (Wildman–Crippen MR) is 81.5 cm³/mol. The molecule has 0 aliphatic heterocycles. The lowest BCUT2D eigenvalue weighted by Crippen LogP contribution is -2.29. The zero-order valence-corrected chi connectivity index (χ0v) is 12.4. The third-order valence-electron chi connectivity index (χ3n) is 2.91. The number of carbonyl (C=O) groups is 1. The second kappa shape index (κ2) is 6.78. The molecule has 0 radical (unpaired) electrons. The van der Waals surface area contributed by atoms with Gasteiger partial charge in [-0.05, 0) is 30.3 Å². The van der Waals surface area contributed by atoms with Crippen molar-refractivity contribution in [2.45, 2.75) is 6.54 Å². The molecule has 0 spiro atoms. The summed E-state index contributed by atoms with van der Waals surface area (Å²) < 4.78 is 13.9. The lowest BCUT2D eigenvalue weighted by molar-refractivity contribution is -0.135. The molecular formula is C15H12Cl2FNO2. The lowest BCUT2D eigenvalue weighted by atomic mass is 10.1. The Balaban J connectivity index is 2.35. The molecule has 0 unspecified atom stereocenters. The molecule has 0 fully saturated rings. The minimum absolute atomic E-state index is 0.0398. The molecule has 21 heavy (non-hydrogen) atoms. The molecule has 2 aromatic rings. The van der Waals surface area contributed by atoms with Crippen LogP contribution < -0.4 is 4.90 Å². The van der Waals surface area contributed by atoms with E-state index in [2.05, 4.69) is 0 Å². The summed E-state index contributed by atoms with van der Waals surface area (Å²) in [6.45, 7) is -0.247. The smallest absolute Gasteiger partial charge is 0.323 e. The van der Waals surface area contributed by atoms with Crippen LogP contribution in [0.15, 0.2) is 42.5 Å². The van der Waals surface area contributed by atoms with Gasteiger partial charge in [0.05, 0.1) is 0 Å². The molecule has 1 N–H and O–H groups in total. The van der Waals surface area contributed by atoms with Gasteiger partial charge in [0.1, 0.15) is 12.4 Å². The maximum absolute atomic E-state index is 13.9. The van der Waals surface area contributed by atoms with Crippen molar-refractivity contribution < 1.29 is 14.3 Å². The standard InChI is InChI=1S/C15H12Cl2FNO2/c16-10-3-1-4-11(7-10)19(9-15(20)21)8-12-13(17)5-2-6-14(12)18/h1-7H,8-9H2,(H,20,21). The summed E-state index contributed by atoms with van der Waals surface area (Å²) in [6, 6.07) is 11.1. The van der Waals surface area contributed by atoms with Gasteiger partial charge in [-0.15, -0.1) is 0 Å². The summed E-state index contributed by atoms with van der Waals surface area (Å²) in [4.78, 5) is 12.5. The van der Waals surface area contributed by atoms with Crippen molar-refractivity contribution in [1.82, 2.24) is 0 Å². The highest BCUT2D eigenvalue weighted by Crippen LogP contribution is 2.25. The molecule has 0 saturated carbocycles. The number of carboxylic acid groups (broad SMARTS) is 1.